The van der Waals surface area contributed by atoms with Gasteiger partial charge in [0.25, 0.3) is 0 Å². The number of carbonyl (C=O) groups is 1. The van der Waals surface area contributed by atoms with Crippen LogP contribution in [0, 0.1) is 6.92 Å². The van der Waals surface area contributed by atoms with E-state index in [0.717, 1.165) is 22.1 Å². The maximum Gasteiger partial charge on any atom is 0.475 e. The normalized spacial score (nSPS) is 12.0. The molecule has 3 rings (SSSR count). The average molecular weight is 367 g/mol. The van der Waals surface area contributed by atoms with Crippen molar-refractivity contribution >= 4 is 24.0 Å². The van der Waals surface area contributed by atoms with E-state index in [0.29, 0.717) is 5.75 Å². The molecule has 1 aromatic heterocycles. The van der Waals surface area contributed by atoms with Crippen molar-refractivity contribution in [2.45, 2.75) is 25.7 Å². The molecule has 0 saturated carbocycles. The van der Waals surface area contributed by atoms with Crippen molar-refractivity contribution in [1.29, 1.82) is 0 Å². The molecule has 0 spiro atoms. The Bertz CT molecular complexity index is 891. The fourth-order valence-corrected chi connectivity index (χ4v) is 2.83. The van der Waals surface area contributed by atoms with E-state index in [1.165, 1.54) is 0 Å². The molecule has 0 fully saturated rings. The number of carbonyl (C=O) groups excluding carboxylic acids is 1. The highest BCUT2D eigenvalue weighted by molar-refractivity contribution is 6.43. The molecule has 2 aromatic carbocycles. The molecular weight excluding hydrogens is 345 g/mol. The number of hydrogen-bond donors (Lipinski definition) is 3. The zero-order valence-corrected chi connectivity index (χ0v) is 15.1. The zero-order chi connectivity index (χ0) is 19.2. The summed E-state index contributed by atoms with van der Waals surface area (Å²) in [5.74, 6) is -0.456. The third kappa shape index (κ3) is 5.12. The Morgan fingerprint density at radius 3 is 2.67 bits per heavy atom. The summed E-state index contributed by atoms with van der Waals surface area (Å²) >= 11 is 0. The number of amides is 1. The van der Waals surface area contributed by atoms with Crippen molar-refractivity contribution in [2.75, 3.05) is 6.61 Å². The number of hydrogen-bond acceptors (Lipinski definition) is 5. The van der Waals surface area contributed by atoms with E-state index in [1.54, 1.807) is 6.26 Å². The van der Waals surface area contributed by atoms with Crippen LogP contribution in [0.15, 0.2) is 59.2 Å². The minimum absolute atomic E-state index is 0.114. The lowest BCUT2D eigenvalue weighted by molar-refractivity contribution is -0.122. The Morgan fingerprint density at radius 2 is 1.93 bits per heavy atom. The SMILES string of the molecule is Cc1ccc(OCCC(=O)NC(Cc2coc3ccccc23)B(O)O)cc1. The van der Waals surface area contributed by atoms with Gasteiger partial charge in [-0.05, 0) is 37.1 Å². The number of furan rings is 1. The maximum atomic E-state index is 12.2. The van der Waals surface area contributed by atoms with Crippen LogP contribution < -0.4 is 10.1 Å². The fourth-order valence-electron chi connectivity index (χ4n) is 2.83. The van der Waals surface area contributed by atoms with E-state index in [-0.39, 0.29) is 25.4 Å². The summed E-state index contributed by atoms with van der Waals surface area (Å²) in [5, 5.41) is 22.8. The maximum absolute atomic E-state index is 12.2. The van der Waals surface area contributed by atoms with Gasteiger partial charge in [0, 0.05) is 5.39 Å². The predicted molar refractivity (Wildman–Crippen MR) is 103 cm³/mol. The Balaban J connectivity index is 1.54. The molecule has 3 N–H and O–H groups in total. The van der Waals surface area contributed by atoms with Crippen LogP contribution in [-0.4, -0.2) is 35.6 Å². The quantitative estimate of drug-likeness (QED) is 0.531. The molecule has 1 heterocycles. The Labute approximate surface area is 157 Å². The molecule has 27 heavy (non-hydrogen) atoms. The minimum Gasteiger partial charge on any atom is -0.493 e. The first-order chi connectivity index (χ1) is 13.0. The molecule has 0 aliphatic rings. The van der Waals surface area contributed by atoms with Crippen LogP contribution in [0.3, 0.4) is 0 Å². The molecule has 0 radical (unpaired) electrons. The van der Waals surface area contributed by atoms with Crippen molar-refractivity contribution < 1.29 is 24.0 Å². The first kappa shape index (κ1) is 19.0. The van der Waals surface area contributed by atoms with Gasteiger partial charge in [-0.3, -0.25) is 4.79 Å². The van der Waals surface area contributed by atoms with Crippen LogP contribution in [0.4, 0.5) is 0 Å². The molecule has 0 saturated heterocycles. The van der Waals surface area contributed by atoms with Gasteiger partial charge < -0.3 is 24.5 Å². The molecular formula is C20H22BNO5. The minimum atomic E-state index is -1.68. The summed E-state index contributed by atoms with van der Waals surface area (Å²) in [6.07, 6.45) is 1.94. The Hall–Kier alpha value is -2.77. The van der Waals surface area contributed by atoms with Crippen LogP contribution in [0.1, 0.15) is 17.5 Å². The summed E-state index contributed by atoms with van der Waals surface area (Å²) in [7, 11) is -1.68. The highest BCUT2D eigenvalue weighted by Crippen LogP contribution is 2.22. The van der Waals surface area contributed by atoms with E-state index >= 15 is 0 Å². The summed E-state index contributed by atoms with van der Waals surface area (Å²) in [4.78, 5) is 12.2. The third-order valence-corrected chi connectivity index (χ3v) is 4.33. The van der Waals surface area contributed by atoms with Crippen molar-refractivity contribution in [3.63, 3.8) is 0 Å². The lowest BCUT2D eigenvalue weighted by Crippen LogP contribution is -2.48. The van der Waals surface area contributed by atoms with Crippen LogP contribution >= 0.6 is 0 Å². The van der Waals surface area contributed by atoms with Gasteiger partial charge in [-0.2, -0.15) is 0 Å². The molecule has 1 atom stereocenters. The highest BCUT2D eigenvalue weighted by atomic mass is 16.5. The van der Waals surface area contributed by atoms with Gasteiger partial charge in [-0.15, -0.1) is 0 Å². The predicted octanol–water partition coefficient (Wildman–Crippen LogP) is 2.25. The molecule has 0 aliphatic heterocycles. The van der Waals surface area contributed by atoms with E-state index in [2.05, 4.69) is 5.32 Å². The van der Waals surface area contributed by atoms with Gasteiger partial charge in [-0.1, -0.05) is 35.9 Å². The lowest BCUT2D eigenvalue weighted by atomic mass is 9.76. The number of nitrogens with one attached hydrogen (secondary N) is 1. The second kappa shape index (κ2) is 8.75. The van der Waals surface area contributed by atoms with Crippen molar-refractivity contribution in [1.82, 2.24) is 5.32 Å². The van der Waals surface area contributed by atoms with Gasteiger partial charge in [0.1, 0.15) is 11.3 Å². The number of ether oxygens (including phenoxy) is 1. The fraction of sp³-hybridized carbons (Fsp3) is 0.250. The second-order valence-corrected chi connectivity index (χ2v) is 6.46. The molecule has 140 valence electrons. The zero-order valence-electron chi connectivity index (χ0n) is 15.1. The number of benzene rings is 2. The van der Waals surface area contributed by atoms with Crippen LogP contribution in [0.25, 0.3) is 11.0 Å². The average Bonchev–Trinajstić information content (AvgIpc) is 3.06. The first-order valence-electron chi connectivity index (χ1n) is 8.83. The molecule has 1 amide bonds. The number of fused-ring (bicyclic) bond motifs is 1. The topological polar surface area (TPSA) is 91.9 Å². The molecule has 7 heteroatoms. The highest BCUT2D eigenvalue weighted by Gasteiger charge is 2.26. The van der Waals surface area contributed by atoms with Crippen LogP contribution in [0.5, 0.6) is 5.75 Å². The van der Waals surface area contributed by atoms with Crippen molar-refractivity contribution in [3.8, 4) is 5.75 Å². The monoisotopic (exact) mass is 367 g/mol. The number of rotatable bonds is 8. The standard InChI is InChI=1S/C20H22BNO5/c1-14-6-8-16(9-7-14)26-11-10-20(23)22-19(21(24)25)12-15-13-27-18-5-3-2-4-17(15)18/h2-9,13,19,24-25H,10-12H2,1H3,(H,22,23). The summed E-state index contributed by atoms with van der Waals surface area (Å²) in [6, 6.07) is 15.0. The van der Waals surface area contributed by atoms with Gasteiger partial charge >= 0.3 is 7.12 Å². The Kier molecular flexibility index (Phi) is 6.16. The Morgan fingerprint density at radius 1 is 1.19 bits per heavy atom. The van der Waals surface area contributed by atoms with Gasteiger partial charge in [0.05, 0.1) is 25.2 Å². The molecule has 0 aliphatic carbocycles. The van der Waals surface area contributed by atoms with Crippen LogP contribution in [-0.2, 0) is 11.2 Å². The third-order valence-electron chi connectivity index (χ3n) is 4.33. The van der Waals surface area contributed by atoms with E-state index < -0.39 is 13.1 Å². The molecule has 1 unspecified atom stereocenters. The molecule has 6 nitrogen and oxygen atoms in total. The van der Waals surface area contributed by atoms with Crippen LogP contribution in [0.2, 0.25) is 0 Å². The van der Waals surface area contributed by atoms with E-state index in [1.807, 2.05) is 55.5 Å². The van der Waals surface area contributed by atoms with Gasteiger partial charge in [-0.25, -0.2) is 0 Å². The summed E-state index contributed by atoms with van der Waals surface area (Å²) < 4.78 is 11.0. The van der Waals surface area contributed by atoms with E-state index in [9.17, 15) is 14.8 Å². The summed E-state index contributed by atoms with van der Waals surface area (Å²) in [5.41, 5.74) is 2.66. The molecule has 0 bridgehead atoms. The van der Waals surface area contributed by atoms with Crippen molar-refractivity contribution in [2.24, 2.45) is 0 Å². The van der Waals surface area contributed by atoms with E-state index in [4.69, 9.17) is 9.15 Å². The van der Waals surface area contributed by atoms with Crippen molar-refractivity contribution in [3.05, 3.63) is 65.9 Å². The second-order valence-electron chi connectivity index (χ2n) is 6.46. The summed E-state index contributed by atoms with van der Waals surface area (Å²) in [6.45, 7) is 2.19. The van der Waals surface area contributed by atoms with Gasteiger partial charge in [0.2, 0.25) is 5.91 Å². The largest absolute Gasteiger partial charge is 0.493 e. The number of para-hydroxylation sites is 1. The molecule has 3 aromatic rings. The first-order valence-corrected chi connectivity index (χ1v) is 8.83. The van der Waals surface area contributed by atoms with Gasteiger partial charge in [0.15, 0.2) is 0 Å². The lowest BCUT2D eigenvalue weighted by Gasteiger charge is -2.17. The number of aryl methyl sites for hydroxylation is 1. The smallest absolute Gasteiger partial charge is 0.475 e.